The van der Waals surface area contributed by atoms with Crippen molar-refractivity contribution in [2.75, 3.05) is 31.1 Å². The maximum Gasteiger partial charge on any atom is 0.410 e. The van der Waals surface area contributed by atoms with E-state index in [0.717, 1.165) is 16.4 Å². The number of aliphatic carboxylic acids is 1. The smallest absolute Gasteiger partial charge is 0.410 e. The normalized spacial score (nSPS) is 21.2. The zero-order valence-corrected chi connectivity index (χ0v) is 35.7. The molecule has 4 aliphatic rings. The molecule has 0 bridgehead atoms. The van der Waals surface area contributed by atoms with Gasteiger partial charge in [-0.3, -0.25) is 19.3 Å². The Hall–Kier alpha value is -6.53. The fourth-order valence-electron chi connectivity index (χ4n) is 8.08. The van der Waals surface area contributed by atoms with Gasteiger partial charge in [0.15, 0.2) is 5.13 Å². The second kappa shape index (κ2) is 17.1. The lowest BCUT2D eigenvalue weighted by Crippen LogP contribution is -2.71. The first-order valence-electron chi connectivity index (χ1n) is 20.0. The fourth-order valence-corrected chi connectivity index (χ4v) is 9.82. The number of fused-ring (bicyclic) bond motifs is 1. The molecule has 4 aromatic rings. The van der Waals surface area contributed by atoms with Crippen LogP contribution in [0, 0.1) is 0 Å². The molecule has 16 nitrogen and oxygen atoms in total. The second-order valence-electron chi connectivity index (χ2n) is 16.1. The van der Waals surface area contributed by atoms with Gasteiger partial charge >= 0.3 is 12.1 Å². The summed E-state index contributed by atoms with van der Waals surface area (Å²) < 4.78 is 9.76. The molecule has 4 amide bonds. The number of likely N-dealkylation sites (tertiary alicyclic amines) is 2. The molecule has 3 aromatic carbocycles. The number of carbonyl (C=O) groups excluding carboxylic acids is 4. The number of β-lactam (4-membered cyclic amide) rings is 1. The number of carbonyl (C=O) groups is 5. The Kier molecular flexibility index (Phi) is 11.6. The minimum absolute atomic E-state index is 0.0717. The van der Waals surface area contributed by atoms with Gasteiger partial charge in [0.1, 0.15) is 22.7 Å². The Balaban J connectivity index is 1.03. The number of nitrogens with one attached hydrogen (secondary N) is 1. The van der Waals surface area contributed by atoms with E-state index < -0.39 is 46.5 Å². The highest BCUT2D eigenvalue weighted by atomic mass is 32.2. The molecule has 5 heterocycles. The molecule has 0 radical (unpaired) electrons. The predicted molar refractivity (Wildman–Crippen MR) is 231 cm³/mol. The number of amides is 4. The van der Waals surface area contributed by atoms with Crippen molar-refractivity contribution in [2.24, 2.45) is 5.16 Å². The number of carboxylic acid groups (broad SMARTS) is 1. The van der Waals surface area contributed by atoms with Crippen LogP contribution in [0.15, 0.2) is 119 Å². The molecule has 3 fully saturated rings. The summed E-state index contributed by atoms with van der Waals surface area (Å²) >= 11 is 2.11. The summed E-state index contributed by atoms with van der Waals surface area (Å²) in [4.78, 5) is 82.5. The second-order valence-corrected chi connectivity index (χ2v) is 18.0. The number of oxime groups is 1. The molecule has 18 heteroatoms. The zero-order valence-electron chi connectivity index (χ0n) is 34.1. The number of hydrogen-bond acceptors (Lipinski definition) is 13. The van der Waals surface area contributed by atoms with Crippen LogP contribution >= 0.6 is 23.3 Å². The van der Waals surface area contributed by atoms with Crippen molar-refractivity contribution < 1.29 is 38.7 Å². The summed E-state index contributed by atoms with van der Waals surface area (Å²) in [5, 5.41) is 16.9. The van der Waals surface area contributed by atoms with Gasteiger partial charge in [0.05, 0.1) is 6.04 Å². The molecule has 0 saturated carbocycles. The number of hydrogen-bond donors (Lipinski definition) is 3. The average molecular weight is 877 g/mol. The van der Waals surface area contributed by atoms with Gasteiger partial charge in [-0.1, -0.05) is 96.2 Å². The molecule has 0 unspecified atom stereocenters. The highest BCUT2D eigenvalue weighted by molar-refractivity contribution is 8.00. The Morgan fingerprint density at radius 3 is 2.10 bits per heavy atom. The van der Waals surface area contributed by atoms with E-state index in [1.54, 1.807) is 36.6 Å². The number of allylic oxidation sites excluding steroid dienone is 1. The summed E-state index contributed by atoms with van der Waals surface area (Å²) in [5.74, 6) is -3.06. The van der Waals surface area contributed by atoms with Crippen LogP contribution in [0.3, 0.4) is 0 Å². The van der Waals surface area contributed by atoms with Gasteiger partial charge in [-0.25, -0.2) is 9.59 Å². The molecule has 4 aliphatic heterocycles. The van der Waals surface area contributed by atoms with E-state index in [1.165, 1.54) is 11.8 Å². The number of aromatic nitrogens is 2. The molecular formula is C44H44N8O8S2. The van der Waals surface area contributed by atoms with E-state index in [2.05, 4.69) is 19.8 Å². The number of carboxylic acids is 1. The zero-order chi connectivity index (χ0) is 43.8. The molecule has 320 valence electrons. The Morgan fingerprint density at radius 2 is 1.55 bits per heavy atom. The van der Waals surface area contributed by atoms with Crippen molar-refractivity contribution in [2.45, 2.75) is 62.3 Å². The van der Waals surface area contributed by atoms with E-state index in [-0.39, 0.29) is 40.1 Å². The third kappa shape index (κ3) is 8.14. The number of nitrogens with two attached hydrogens (primary N) is 1. The fraction of sp³-hybridized carbons (Fsp3) is 0.318. The van der Waals surface area contributed by atoms with Crippen LogP contribution in [0.2, 0.25) is 0 Å². The lowest BCUT2D eigenvalue weighted by molar-refractivity contribution is -0.150. The molecule has 4 N–H and O–H groups in total. The van der Waals surface area contributed by atoms with Crippen LogP contribution < -0.4 is 11.1 Å². The van der Waals surface area contributed by atoms with Crippen molar-refractivity contribution in [1.82, 2.24) is 29.4 Å². The Labute approximate surface area is 365 Å². The van der Waals surface area contributed by atoms with E-state index in [4.69, 9.17) is 15.3 Å². The first kappa shape index (κ1) is 42.2. The van der Waals surface area contributed by atoms with E-state index in [1.807, 2.05) is 91.0 Å². The third-order valence-corrected chi connectivity index (χ3v) is 12.8. The number of nitrogens with zero attached hydrogens (tertiary/aromatic N) is 6. The van der Waals surface area contributed by atoms with Crippen LogP contribution in [0.5, 0.6) is 0 Å². The third-order valence-electron chi connectivity index (χ3n) is 10.9. The maximum absolute atomic E-state index is 14.3. The quantitative estimate of drug-likeness (QED) is 0.0614. The van der Waals surface area contributed by atoms with Crippen LogP contribution in [0.25, 0.3) is 0 Å². The number of ether oxygens (including phenoxy) is 1. The standard InChI is InChI=1S/C44H44N8O8S2/c1-43(2,3)59-42(58)50-21-20-31(24-50)51-22-19-26(37(51)54)23-27-25-61-39-33(38(55)52(39)34(27)40(56)57)46-36(53)32(35-47-41(45)62-49-35)48-60-44(28-13-7-4-8-14-28,29-15-9-5-10-16-29)30-17-11-6-12-18-30/h4-18,23,31,33,39H,19-22,24-25H2,1-3H3,(H,46,53)(H,56,57)(H2,45,47,49)/b26-23+,48-32+/t31-,33-,39-/m1/s1. The summed E-state index contributed by atoms with van der Waals surface area (Å²) in [6.45, 7) is 6.59. The maximum atomic E-state index is 14.3. The molecule has 3 saturated heterocycles. The van der Waals surface area contributed by atoms with E-state index in [0.29, 0.717) is 60.3 Å². The molecule has 62 heavy (non-hydrogen) atoms. The van der Waals surface area contributed by atoms with Gasteiger partial charge in [-0.15, -0.1) is 11.8 Å². The summed E-state index contributed by atoms with van der Waals surface area (Å²) in [7, 11) is 0. The number of benzene rings is 3. The monoisotopic (exact) mass is 876 g/mol. The predicted octanol–water partition coefficient (Wildman–Crippen LogP) is 4.74. The number of anilines is 1. The van der Waals surface area contributed by atoms with Gasteiger partial charge in [-0.2, -0.15) is 9.36 Å². The average Bonchev–Trinajstić information content (AvgIpc) is 4.02. The van der Waals surface area contributed by atoms with Crippen LogP contribution in [0.1, 0.15) is 56.1 Å². The summed E-state index contributed by atoms with van der Waals surface area (Å²) in [5.41, 5.74) is 6.21. The molecule has 0 spiro atoms. The Bertz CT molecular complexity index is 2390. The molecule has 3 atom stereocenters. The van der Waals surface area contributed by atoms with Gasteiger partial charge in [0.2, 0.25) is 23.0 Å². The van der Waals surface area contributed by atoms with Gasteiger partial charge in [0.25, 0.3) is 11.8 Å². The van der Waals surface area contributed by atoms with E-state index in [9.17, 15) is 29.1 Å². The number of rotatable bonds is 11. The van der Waals surface area contributed by atoms with Gasteiger partial charge in [0, 0.05) is 59.2 Å². The number of thioether (sulfide) groups is 1. The topological polar surface area (TPSA) is 210 Å². The minimum Gasteiger partial charge on any atom is -0.477 e. The van der Waals surface area contributed by atoms with Gasteiger partial charge < -0.3 is 35.5 Å². The van der Waals surface area contributed by atoms with Crippen LogP contribution in [-0.2, 0) is 34.4 Å². The SMILES string of the molecule is CC(C)(C)OC(=O)N1CC[C@@H](N2CC/C(=C\C3=C(C(=O)O)N4C(=O)[C@@H](NC(=O)/C(=N/OC(c5ccccc5)(c5ccccc5)c5ccccc5)c5nsc(N)n5)[C@H]4SC3)C2=O)C1. The van der Waals surface area contributed by atoms with Crippen molar-refractivity contribution in [1.29, 1.82) is 0 Å². The van der Waals surface area contributed by atoms with Crippen LogP contribution in [-0.4, -0.2) is 113 Å². The minimum atomic E-state index is -1.36. The van der Waals surface area contributed by atoms with Crippen molar-refractivity contribution >= 4 is 63.9 Å². The van der Waals surface area contributed by atoms with Crippen molar-refractivity contribution in [3.8, 4) is 0 Å². The first-order valence-corrected chi connectivity index (χ1v) is 21.8. The number of nitrogen functional groups attached to an aromatic ring is 1. The molecular weight excluding hydrogens is 833 g/mol. The van der Waals surface area contributed by atoms with Crippen molar-refractivity contribution in [3.63, 3.8) is 0 Å². The lowest BCUT2D eigenvalue weighted by Gasteiger charge is -2.49. The van der Waals surface area contributed by atoms with E-state index >= 15 is 0 Å². The largest absolute Gasteiger partial charge is 0.477 e. The van der Waals surface area contributed by atoms with Crippen LogP contribution in [0.4, 0.5) is 9.93 Å². The Morgan fingerprint density at radius 1 is 0.935 bits per heavy atom. The van der Waals surface area contributed by atoms with Gasteiger partial charge in [-0.05, 0) is 45.3 Å². The van der Waals surface area contributed by atoms with Crippen molar-refractivity contribution in [3.05, 3.63) is 136 Å². The lowest BCUT2D eigenvalue weighted by atomic mass is 9.80. The molecule has 8 rings (SSSR count). The first-order chi connectivity index (χ1) is 29.7. The molecule has 1 aromatic heterocycles. The highest BCUT2D eigenvalue weighted by Gasteiger charge is 2.55. The highest BCUT2D eigenvalue weighted by Crippen LogP contribution is 2.43. The summed E-state index contributed by atoms with van der Waals surface area (Å²) in [6, 6.07) is 26.9. The molecule has 0 aliphatic carbocycles. The summed E-state index contributed by atoms with van der Waals surface area (Å²) in [6.07, 6.45) is 2.09.